The van der Waals surface area contributed by atoms with Crippen molar-refractivity contribution >= 4 is 17.5 Å². The molecule has 104 valence electrons. The van der Waals surface area contributed by atoms with Crippen LogP contribution in [0.5, 0.6) is 0 Å². The van der Waals surface area contributed by atoms with Gasteiger partial charge in [0, 0.05) is 12.6 Å². The Morgan fingerprint density at radius 1 is 1.11 bits per heavy atom. The van der Waals surface area contributed by atoms with Gasteiger partial charge in [0.15, 0.2) is 0 Å². The summed E-state index contributed by atoms with van der Waals surface area (Å²) in [7, 11) is 0. The Labute approximate surface area is 114 Å². The lowest BCUT2D eigenvalue weighted by atomic mass is 10.0. The van der Waals surface area contributed by atoms with E-state index in [9.17, 15) is 9.59 Å². The summed E-state index contributed by atoms with van der Waals surface area (Å²) < 4.78 is 0. The molecular weight excluding hydrogens is 240 g/mol. The van der Waals surface area contributed by atoms with Gasteiger partial charge in [-0.05, 0) is 43.0 Å². The second-order valence-corrected chi connectivity index (χ2v) is 5.21. The average molecular weight is 262 g/mol. The molecule has 4 heteroatoms. The molecule has 19 heavy (non-hydrogen) atoms. The van der Waals surface area contributed by atoms with Gasteiger partial charge in [0.1, 0.15) is 6.04 Å². The van der Waals surface area contributed by atoms with Crippen LogP contribution >= 0.6 is 0 Å². The van der Waals surface area contributed by atoms with Crippen molar-refractivity contribution in [3.63, 3.8) is 0 Å². The first-order valence-corrected chi connectivity index (χ1v) is 6.46. The molecule has 0 aliphatic rings. The van der Waals surface area contributed by atoms with Crippen LogP contribution in [0.25, 0.3) is 0 Å². The molecule has 2 N–H and O–H groups in total. The van der Waals surface area contributed by atoms with E-state index in [0.29, 0.717) is 0 Å². The SMILES string of the molecule is CC(=O)N[C@@H](C(=O)Nc1ccc(C)c(C)c1)C(C)C. The number of nitrogens with one attached hydrogen (secondary N) is 2. The van der Waals surface area contributed by atoms with E-state index in [0.717, 1.165) is 11.3 Å². The maximum absolute atomic E-state index is 12.2. The molecule has 0 bridgehead atoms. The van der Waals surface area contributed by atoms with Crippen LogP contribution in [-0.4, -0.2) is 17.9 Å². The summed E-state index contributed by atoms with van der Waals surface area (Å²) >= 11 is 0. The number of benzene rings is 1. The molecule has 0 radical (unpaired) electrons. The highest BCUT2D eigenvalue weighted by atomic mass is 16.2. The van der Waals surface area contributed by atoms with Crippen LogP contribution in [0.1, 0.15) is 31.9 Å². The fourth-order valence-corrected chi connectivity index (χ4v) is 1.79. The monoisotopic (exact) mass is 262 g/mol. The van der Waals surface area contributed by atoms with E-state index < -0.39 is 6.04 Å². The Hall–Kier alpha value is -1.84. The molecule has 0 aromatic heterocycles. The molecule has 1 rings (SSSR count). The van der Waals surface area contributed by atoms with E-state index in [1.807, 2.05) is 45.9 Å². The molecule has 4 nitrogen and oxygen atoms in total. The van der Waals surface area contributed by atoms with Crippen LogP contribution in [0.2, 0.25) is 0 Å². The number of carbonyl (C=O) groups excluding carboxylic acids is 2. The van der Waals surface area contributed by atoms with Crippen LogP contribution in [-0.2, 0) is 9.59 Å². The topological polar surface area (TPSA) is 58.2 Å². The number of anilines is 1. The summed E-state index contributed by atoms with van der Waals surface area (Å²) in [6.45, 7) is 9.24. The highest BCUT2D eigenvalue weighted by Gasteiger charge is 2.22. The second-order valence-electron chi connectivity index (χ2n) is 5.21. The van der Waals surface area contributed by atoms with Crippen molar-refractivity contribution < 1.29 is 9.59 Å². The lowest BCUT2D eigenvalue weighted by molar-refractivity contribution is -0.126. The fraction of sp³-hybridized carbons (Fsp3) is 0.467. The minimum Gasteiger partial charge on any atom is -0.344 e. The third-order valence-corrected chi connectivity index (χ3v) is 3.08. The van der Waals surface area contributed by atoms with Gasteiger partial charge in [0.25, 0.3) is 0 Å². The molecule has 0 saturated carbocycles. The highest BCUT2D eigenvalue weighted by molar-refractivity contribution is 5.97. The van der Waals surface area contributed by atoms with Crippen molar-refractivity contribution in [3.05, 3.63) is 29.3 Å². The Bertz CT molecular complexity index is 481. The zero-order valence-electron chi connectivity index (χ0n) is 12.2. The third-order valence-electron chi connectivity index (χ3n) is 3.08. The van der Waals surface area contributed by atoms with Gasteiger partial charge in [-0.25, -0.2) is 0 Å². The smallest absolute Gasteiger partial charge is 0.247 e. The van der Waals surface area contributed by atoms with E-state index in [-0.39, 0.29) is 17.7 Å². The standard InChI is InChI=1S/C15H22N2O2/c1-9(2)14(16-12(5)18)15(19)17-13-7-6-10(3)11(4)8-13/h6-9,14H,1-5H3,(H,16,18)(H,17,19)/t14-/m1/s1. The Morgan fingerprint density at radius 3 is 2.21 bits per heavy atom. The molecule has 1 aromatic rings. The van der Waals surface area contributed by atoms with Gasteiger partial charge in [0.05, 0.1) is 0 Å². The number of rotatable bonds is 4. The van der Waals surface area contributed by atoms with Gasteiger partial charge in [-0.2, -0.15) is 0 Å². The maximum atomic E-state index is 12.2. The van der Waals surface area contributed by atoms with Crippen LogP contribution in [0.15, 0.2) is 18.2 Å². The number of hydrogen-bond acceptors (Lipinski definition) is 2. The normalized spacial score (nSPS) is 12.1. The molecule has 0 unspecified atom stereocenters. The van der Waals surface area contributed by atoms with Crippen LogP contribution in [0.4, 0.5) is 5.69 Å². The number of amides is 2. The molecule has 2 amide bonds. The van der Waals surface area contributed by atoms with Gasteiger partial charge >= 0.3 is 0 Å². The molecule has 0 aliphatic carbocycles. The largest absolute Gasteiger partial charge is 0.344 e. The quantitative estimate of drug-likeness (QED) is 0.875. The molecule has 0 fully saturated rings. The van der Waals surface area contributed by atoms with Crippen LogP contribution in [0, 0.1) is 19.8 Å². The molecule has 1 aromatic carbocycles. The lowest BCUT2D eigenvalue weighted by Gasteiger charge is -2.21. The van der Waals surface area contributed by atoms with Crippen molar-refractivity contribution in [1.29, 1.82) is 0 Å². The second kappa shape index (κ2) is 6.36. The summed E-state index contributed by atoms with van der Waals surface area (Å²) in [5.41, 5.74) is 3.06. The fourth-order valence-electron chi connectivity index (χ4n) is 1.79. The van der Waals surface area contributed by atoms with Gasteiger partial charge < -0.3 is 10.6 Å². The summed E-state index contributed by atoms with van der Waals surface area (Å²) in [6.07, 6.45) is 0. The summed E-state index contributed by atoms with van der Waals surface area (Å²) in [5.74, 6) is -0.349. The minimum atomic E-state index is -0.515. The highest BCUT2D eigenvalue weighted by Crippen LogP contribution is 2.15. The summed E-state index contributed by atoms with van der Waals surface area (Å²) in [4.78, 5) is 23.3. The van der Waals surface area contributed by atoms with E-state index in [2.05, 4.69) is 10.6 Å². The van der Waals surface area contributed by atoms with Gasteiger partial charge in [-0.3, -0.25) is 9.59 Å². The molecular formula is C15H22N2O2. The number of aryl methyl sites for hydroxylation is 2. The Kier molecular flexibility index (Phi) is 5.10. The van der Waals surface area contributed by atoms with E-state index in [1.165, 1.54) is 12.5 Å². The molecule has 0 saturated heterocycles. The van der Waals surface area contributed by atoms with E-state index in [4.69, 9.17) is 0 Å². The van der Waals surface area contributed by atoms with Crippen molar-refractivity contribution in [2.24, 2.45) is 5.92 Å². The molecule has 0 spiro atoms. The minimum absolute atomic E-state index is 0.0374. The lowest BCUT2D eigenvalue weighted by Crippen LogP contribution is -2.46. The first kappa shape index (κ1) is 15.2. The van der Waals surface area contributed by atoms with Crippen LogP contribution in [0.3, 0.4) is 0 Å². The predicted molar refractivity (Wildman–Crippen MR) is 77.0 cm³/mol. The summed E-state index contributed by atoms with van der Waals surface area (Å²) in [5, 5.41) is 5.52. The first-order chi connectivity index (χ1) is 8.81. The van der Waals surface area contributed by atoms with Crippen molar-refractivity contribution in [3.8, 4) is 0 Å². The van der Waals surface area contributed by atoms with Crippen molar-refractivity contribution in [2.75, 3.05) is 5.32 Å². The van der Waals surface area contributed by atoms with Gasteiger partial charge in [-0.15, -0.1) is 0 Å². The first-order valence-electron chi connectivity index (χ1n) is 6.46. The Balaban J connectivity index is 2.81. The molecule has 0 aliphatic heterocycles. The van der Waals surface area contributed by atoms with Crippen molar-refractivity contribution in [1.82, 2.24) is 5.32 Å². The van der Waals surface area contributed by atoms with Gasteiger partial charge in [0.2, 0.25) is 11.8 Å². The third kappa shape index (κ3) is 4.39. The summed E-state index contributed by atoms with van der Waals surface area (Å²) in [6, 6.07) is 5.25. The van der Waals surface area contributed by atoms with E-state index in [1.54, 1.807) is 0 Å². The van der Waals surface area contributed by atoms with E-state index >= 15 is 0 Å². The number of hydrogen-bond donors (Lipinski definition) is 2. The average Bonchev–Trinajstić information content (AvgIpc) is 2.30. The Morgan fingerprint density at radius 2 is 1.74 bits per heavy atom. The maximum Gasteiger partial charge on any atom is 0.247 e. The molecule has 1 atom stereocenters. The van der Waals surface area contributed by atoms with Gasteiger partial charge in [-0.1, -0.05) is 19.9 Å². The molecule has 0 heterocycles. The van der Waals surface area contributed by atoms with Crippen molar-refractivity contribution in [2.45, 2.75) is 40.7 Å². The number of carbonyl (C=O) groups is 2. The van der Waals surface area contributed by atoms with Crippen LogP contribution < -0.4 is 10.6 Å². The predicted octanol–water partition coefficient (Wildman–Crippen LogP) is 2.40. The zero-order chi connectivity index (χ0) is 14.6. The zero-order valence-corrected chi connectivity index (χ0v) is 12.2.